The van der Waals surface area contributed by atoms with Crippen molar-refractivity contribution in [3.8, 4) is 0 Å². The molecule has 3 nitrogen and oxygen atoms in total. The van der Waals surface area contributed by atoms with Crippen LogP contribution < -0.4 is 0 Å². The Kier molecular flexibility index (Phi) is 4.53. The highest BCUT2D eigenvalue weighted by atomic mass is 19.1. The van der Waals surface area contributed by atoms with Gasteiger partial charge in [0.1, 0.15) is 11.6 Å². The molecule has 0 aliphatic carbocycles. The van der Waals surface area contributed by atoms with E-state index in [9.17, 15) is 18.4 Å². The number of halogens is 2. The Hall–Kier alpha value is -1.78. The van der Waals surface area contributed by atoms with Crippen LogP contribution in [0.4, 0.5) is 8.78 Å². The van der Waals surface area contributed by atoms with Crippen LogP contribution in [0, 0.1) is 24.5 Å². The molecular weight excluding hydrogens is 242 g/mol. The summed E-state index contributed by atoms with van der Waals surface area (Å²) >= 11 is 0. The first-order chi connectivity index (χ1) is 8.31. The summed E-state index contributed by atoms with van der Waals surface area (Å²) in [5.74, 6) is -3.45. The van der Waals surface area contributed by atoms with Crippen LogP contribution in [0.2, 0.25) is 0 Å². The van der Waals surface area contributed by atoms with Crippen LogP contribution in [0.25, 0.3) is 0 Å². The van der Waals surface area contributed by atoms with Gasteiger partial charge < -0.3 is 5.11 Å². The van der Waals surface area contributed by atoms with E-state index in [0.29, 0.717) is 0 Å². The zero-order valence-electron chi connectivity index (χ0n) is 10.2. The average molecular weight is 256 g/mol. The zero-order chi connectivity index (χ0) is 13.9. The summed E-state index contributed by atoms with van der Waals surface area (Å²) in [5, 5.41) is 8.56. The molecule has 0 amide bonds. The summed E-state index contributed by atoms with van der Waals surface area (Å²) in [4.78, 5) is 22.2. The van der Waals surface area contributed by atoms with E-state index in [0.717, 1.165) is 12.1 Å². The molecule has 0 fully saturated rings. The Morgan fingerprint density at radius 2 is 1.83 bits per heavy atom. The van der Waals surface area contributed by atoms with Gasteiger partial charge in [0.05, 0.1) is 5.56 Å². The van der Waals surface area contributed by atoms with Gasteiger partial charge in [-0.05, 0) is 30.5 Å². The van der Waals surface area contributed by atoms with E-state index in [1.807, 2.05) is 0 Å². The molecule has 0 saturated carbocycles. The van der Waals surface area contributed by atoms with Crippen LogP contribution in [0.15, 0.2) is 12.1 Å². The molecule has 0 aliphatic rings. The highest BCUT2D eigenvalue weighted by Crippen LogP contribution is 2.18. The topological polar surface area (TPSA) is 54.4 Å². The van der Waals surface area contributed by atoms with Crippen molar-refractivity contribution in [2.75, 3.05) is 0 Å². The molecule has 1 unspecified atom stereocenters. The Bertz CT molecular complexity index is 483. The second-order valence-corrected chi connectivity index (χ2v) is 4.41. The van der Waals surface area contributed by atoms with Gasteiger partial charge in [-0.1, -0.05) is 6.92 Å². The molecule has 1 aromatic carbocycles. The molecule has 0 heterocycles. The lowest BCUT2D eigenvalue weighted by atomic mass is 9.96. The third kappa shape index (κ3) is 3.61. The van der Waals surface area contributed by atoms with Crippen molar-refractivity contribution in [1.82, 2.24) is 0 Å². The number of Topliss-reactive ketones (excluding diaryl/α,β-unsaturated/α-hetero) is 1. The number of benzene rings is 1. The third-order valence-electron chi connectivity index (χ3n) is 2.61. The maximum Gasteiger partial charge on any atom is 0.303 e. The van der Waals surface area contributed by atoms with E-state index < -0.39 is 29.3 Å². The molecule has 5 heteroatoms. The van der Waals surface area contributed by atoms with Gasteiger partial charge in [0.25, 0.3) is 0 Å². The second kappa shape index (κ2) is 5.71. The van der Waals surface area contributed by atoms with Crippen LogP contribution in [0.1, 0.15) is 35.7 Å². The van der Waals surface area contributed by atoms with Crippen LogP contribution in [-0.2, 0) is 4.79 Å². The summed E-state index contributed by atoms with van der Waals surface area (Å²) in [6.45, 7) is 2.98. The number of hydrogen-bond acceptors (Lipinski definition) is 2. The Balaban J connectivity index is 2.85. The van der Waals surface area contributed by atoms with E-state index in [2.05, 4.69) is 0 Å². The van der Waals surface area contributed by atoms with Crippen LogP contribution in [0.3, 0.4) is 0 Å². The number of ketones is 1. The summed E-state index contributed by atoms with van der Waals surface area (Å²) in [5.41, 5.74) is -0.196. The number of hydrogen-bond donors (Lipinski definition) is 1. The molecular formula is C13H14F2O3. The van der Waals surface area contributed by atoms with Crippen LogP contribution in [-0.4, -0.2) is 16.9 Å². The van der Waals surface area contributed by atoms with Crippen molar-refractivity contribution in [3.63, 3.8) is 0 Å². The van der Waals surface area contributed by atoms with E-state index >= 15 is 0 Å². The highest BCUT2D eigenvalue weighted by Gasteiger charge is 2.18. The van der Waals surface area contributed by atoms with Crippen molar-refractivity contribution < 1.29 is 23.5 Å². The first kappa shape index (κ1) is 14.3. The molecule has 1 rings (SSSR count). The number of rotatable bonds is 5. The fraction of sp³-hybridized carbons (Fsp3) is 0.385. The SMILES string of the molecule is Cc1cc(F)c(C(=O)CC(C)CC(=O)O)cc1F. The number of carbonyl (C=O) groups excluding carboxylic acids is 1. The van der Waals surface area contributed by atoms with Gasteiger partial charge in [0.2, 0.25) is 0 Å². The molecule has 0 radical (unpaired) electrons. The Morgan fingerprint density at radius 3 is 2.39 bits per heavy atom. The maximum atomic E-state index is 13.5. The van der Waals surface area contributed by atoms with Crippen molar-refractivity contribution >= 4 is 11.8 Å². The monoisotopic (exact) mass is 256 g/mol. The fourth-order valence-corrected chi connectivity index (χ4v) is 1.66. The lowest BCUT2D eigenvalue weighted by Crippen LogP contribution is -2.12. The first-order valence-corrected chi connectivity index (χ1v) is 5.52. The van der Waals surface area contributed by atoms with Gasteiger partial charge in [0, 0.05) is 12.8 Å². The van der Waals surface area contributed by atoms with E-state index in [1.165, 1.54) is 6.92 Å². The van der Waals surface area contributed by atoms with E-state index in [1.54, 1.807) is 6.92 Å². The van der Waals surface area contributed by atoms with Gasteiger partial charge in [-0.2, -0.15) is 0 Å². The molecule has 1 atom stereocenters. The smallest absolute Gasteiger partial charge is 0.303 e. The molecule has 0 spiro atoms. The lowest BCUT2D eigenvalue weighted by Gasteiger charge is -2.09. The predicted octanol–water partition coefficient (Wildman–Crippen LogP) is 2.96. The minimum absolute atomic E-state index is 0.119. The third-order valence-corrected chi connectivity index (χ3v) is 2.61. The maximum absolute atomic E-state index is 13.5. The Morgan fingerprint density at radius 1 is 1.22 bits per heavy atom. The van der Waals surface area contributed by atoms with Gasteiger partial charge in [-0.15, -0.1) is 0 Å². The lowest BCUT2D eigenvalue weighted by molar-refractivity contribution is -0.137. The van der Waals surface area contributed by atoms with E-state index in [-0.39, 0.29) is 24.0 Å². The molecule has 1 N–H and O–H groups in total. The predicted molar refractivity (Wildman–Crippen MR) is 61.5 cm³/mol. The van der Waals surface area contributed by atoms with Crippen molar-refractivity contribution in [3.05, 3.63) is 34.9 Å². The quantitative estimate of drug-likeness (QED) is 0.824. The molecule has 0 aromatic heterocycles. The number of carboxylic acids is 1. The standard InChI is InChI=1S/C13H14F2O3/c1-7(4-13(17)18)3-12(16)9-6-10(14)8(2)5-11(9)15/h5-7H,3-4H2,1-2H3,(H,17,18). The zero-order valence-corrected chi connectivity index (χ0v) is 10.2. The molecule has 0 aliphatic heterocycles. The van der Waals surface area contributed by atoms with Gasteiger partial charge in [-0.3, -0.25) is 9.59 Å². The molecule has 0 saturated heterocycles. The summed E-state index contributed by atoms with van der Waals surface area (Å²) in [6, 6.07) is 1.82. The van der Waals surface area contributed by atoms with Crippen LogP contribution in [0.5, 0.6) is 0 Å². The second-order valence-electron chi connectivity index (χ2n) is 4.41. The molecule has 0 bridgehead atoms. The van der Waals surface area contributed by atoms with Crippen LogP contribution >= 0.6 is 0 Å². The number of carbonyl (C=O) groups is 2. The van der Waals surface area contributed by atoms with Gasteiger partial charge in [0.15, 0.2) is 5.78 Å². The summed E-state index contributed by atoms with van der Waals surface area (Å²) in [7, 11) is 0. The van der Waals surface area contributed by atoms with Crippen molar-refractivity contribution in [2.24, 2.45) is 5.92 Å². The molecule has 18 heavy (non-hydrogen) atoms. The average Bonchev–Trinajstić information content (AvgIpc) is 2.21. The minimum atomic E-state index is -1.02. The highest BCUT2D eigenvalue weighted by molar-refractivity contribution is 5.96. The van der Waals surface area contributed by atoms with Crippen molar-refractivity contribution in [2.45, 2.75) is 26.7 Å². The number of aryl methyl sites for hydroxylation is 1. The van der Waals surface area contributed by atoms with Crippen molar-refractivity contribution in [1.29, 1.82) is 0 Å². The summed E-state index contributed by atoms with van der Waals surface area (Å²) < 4.78 is 26.7. The largest absolute Gasteiger partial charge is 0.481 e. The number of aliphatic carboxylic acids is 1. The number of carboxylic acid groups (broad SMARTS) is 1. The van der Waals surface area contributed by atoms with E-state index in [4.69, 9.17) is 5.11 Å². The summed E-state index contributed by atoms with van der Waals surface area (Å²) in [6.07, 6.45) is -0.298. The van der Waals surface area contributed by atoms with Gasteiger partial charge in [-0.25, -0.2) is 8.78 Å². The normalized spacial score (nSPS) is 12.2. The molecule has 98 valence electrons. The van der Waals surface area contributed by atoms with Gasteiger partial charge >= 0.3 is 5.97 Å². The first-order valence-electron chi connectivity index (χ1n) is 5.52. The Labute approximate surface area is 103 Å². The molecule has 1 aromatic rings. The minimum Gasteiger partial charge on any atom is -0.481 e. The fourth-order valence-electron chi connectivity index (χ4n) is 1.66.